The minimum absolute atomic E-state index is 0.0766. The van der Waals surface area contributed by atoms with E-state index in [1.165, 1.54) is 6.20 Å². The largest absolute Gasteiger partial charge is 0.478 e. The molecule has 0 atom stereocenters. The van der Waals surface area contributed by atoms with Gasteiger partial charge in [-0.2, -0.15) is 5.10 Å². The number of benzene rings is 1. The van der Waals surface area contributed by atoms with Crippen LogP contribution in [-0.2, 0) is 0 Å². The summed E-state index contributed by atoms with van der Waals surface area (Å²) in [5.74, 6) is -0.461. The number of hydrogen-bond donors (Lipinski definition) is 1. The average molecular weight is 391 g/mol. The van der Waals surface area contributed by atoms with Crippen LogP contribution in [0.15, 0.2) is 48.9 Å². The Morgan fingerprint density at radius 1 is 1.10 bits per heavy atom. The molecule has 0 bridgehead atoms. The number of piperidine rings is 1. The van der Waals surface area contributed by atoms with Crippen molar-refractivity contribution in [1.82, 2.24) is 24.6 Å². The summed E-state index contributed by atoms with van der Waals surface area (Å²) < 4.78 is 1.69. The van der Waals surface area contributed by atoms with Crippen LogP contribution in [0.1, 0.15) is 45.3 Å². The molecule has 1 fully saturated rings. The van der Waals surface area contributed by atoms with E-state index in [9.17, 15) is 9.59 Å². The summed E-state index contributed by atoms with van der Waals surface area (Å²) in [7, 11) is 0. The Morgan fingerprint density at radius 3 is 2.45 bits per heavy atom. The molecular formula is C21H21N5O3. The van der Waals surface area contributed by atoms with Gasteiger partial charge in [-0.05, 0) is 19.8 Å². The Morgan fingerprint density at radius 2 is 1.83 bits per heavy atom. The van der Waals surface area contributed by atoms with Gasteiger partial charge in [-0.3, -0.25) is 9.48 Å². The maximum Gasteiger partial charge on any atom is 0.338 e. The van der Waals surface area contributed by atoms with Crippen LogP contribution in [0.25, 0.3) is 11.4 Å². The molecule has 2 aromatic heterocycles. The van der Waals surface area contributed by atoms with E-state index in [0.29, 0.717) is 43.0 Å². The standard InChI is InChI=1S/C21H21N5O3/c1-14-18(12-22-19(24-14)15-5-3-2-4-6-15)20(27)25-9-7-17(8-10-25)26-13-16(11-23-26)21(28)29/h2-6,11-13,17H,7-10H2,1H3,(H,28,29). The first kappa shape index (κ1) is 18.8. The van der Waals surface area contributed by atoms with Gasteiger partial charge in [0.25, 0.3) is 5.91 Å². The topological polar surface area (TPSA) is 101 Å². The average Bonchev–Trinajstić information content (AvgIpc) is 3.25. The van der Waals surface area contributed by atoms with E-state index in [-0.39, 0.29) is 17.5 Å². The van der Waals surface area contributed by atoms with Crippen LogP contribution in [0.3, 0.4) is 0 Å². The highest BCUT2D eigenvalue weighted by Crippen LogP contribution is 2.24. The van der Waals surface area contributed by atoms with Crippen molar-refractivity contribution in [2.24, 2.45) is 0 Å². The first-order chi connectivity index (χ1) is 14.0. The van der Waals surface area contributed by atoms with Crippen LogP contribution >= 0.6 is 0 Å². The molecule has 29 heavy (non-hydrogen) atoms. The van der Waals surface area contributed by atoms with Crippen LogP contribution in [0.2, 0.25) is 0 Å². The number of aromatic carboxylic acids is 1. The summed E-state index contributed by atoms with van der Waals surface area (Å²) in [6.07, 6.45) is 5.94. The Balaban J connectivity index is 1.43. The maximum absolute atomic E-state index is 13.0. The number of rotatable bonds is 4. The third-order valence-electron chi connectivity index (χ3n) is 5.22. The van der Waals surface area contributed by atoms with E-state index in [1.807, 2.05) is 37.3 Å². The molecule has 1 aliphatic rings. The van der Waals surface area contributed by atoms with Gasteiger partial charge in [0.1, 0.15) is 0 Å². The highest BCUT2D eigenvalue weighted by Gasteiger charge is 2.27. The van der Waals surface area contributed by atoms with E-state index in [4.69, 9.17) is 5.11 Å². The summed E-state index contributed by atoms with van der Waals surface area (Å²) in [6.45, 7) is 2.97. The molecule has 4 rings (SSSR count). The van der Waals surface area contributed by atoms with Crippen molar-refractivity contribution in [2.75, 3.05) is 13.1 Å². The summed E-state index contributed by atoms with van der Waals surface area (Å²) >= 11 is 0. The predicted molar refractivity (Wildman–Crippen MR) is 106 cm³/mol. The first-order valence-electron chi connectivity index (χ1n) is 9.48. The molecule has 0 unspecified atom stereocenters. The molecular weight excluding hydrogens is 370 g/mol. The van der Waals surface area contributed by atoms with Crippen LogP contribution in [0.4, 0.5) is 0 Å². The summed E-state index contributed by atoms with van der Waals surface area (Å²) in [6, 6.07) is 9.75. The van der Waals surface area contributed by atoms with Crippen molar-refractivity contribution in [3.05, 3.63) is 65.7 Å². The monoisotopic (exact) mass is 391 g/mol. The van der Waals surface area contributed by atoms with E-state index >= 15 is 0 Å². The van der Waals surface area contributed by atoms with Crippen molar-refractivity contribution in [3.8, 4) is 11.4 Å². The Hall–Kier alpha value is -3.55. The number of hydrogen-bond acceptors (Lipinski definition) is 5. The third kappa shape index (κ3) is 3.87. The zero-order chi connectivity index (χ0) is 20.4. The number of nitrogens with zero attached hydrogens (tertiary/aromatic N) is 5. The number of carbonyl (C=O) groups is 2. The second kappa shape index (κ2) is 7.83. The van der Waals surface area contributed by atoms with Crippen molar-refractivity contribution in [2.45, 2.75) is 25.8 Å². The molecule has 1 saturated heterocycles. The minimum atomic E-state index is -0.988. The lowest BCUT2D eigenvalue weighted by atomic mass is 10.0. The van der Waals surface area contributed by atoms with Crippen molar-refractivity contribution in [1.29, 1.82) is 0 Å². The molecule has 3 heterocycles. The van der Waals surface area contributed by atoms with Gasteiger partial charge >= 0.3 is 5.97 Å². The summed E-state index contributed by atoms with van der Waals surface area (Å²) in [5, 5.41) is 13.2. The van der Waals surface area contributed by atoms with Gasteiger partial charge in [0.2, 0.25) is 0 Å². The lowest BCUT2D eigenvalue weighted by Crippen LogP contribution is -2.39. The second-order valence-corrected chi connectivity index (χ2v) is 7.10. The van der Waals surface area contributed by atoms with Crippen molar-refractivity contribution in [3.63, 3.8) is 0 Å². The van der Waals surface area contributed by atoms with Crippen molar-refractivity contribution < 1.29 is 14.7 Å². The van der Waals surface area contributed by atoms with E-state index < -0.39 is 5.97 Å². The Kier molecular flexibility index (Phi) is 5.07. The predicted octanol–water partition coefficient (Wildman–Crippen LogP) is 2.82. The smallest absolute Gasteiger partial charge is 0.338 e. The van der Waals surface area contributed by atoms with Gasteiger partial charge in [0, 0.05) is 31.0 Å². The number of aryl methyl sites for hydroxylation is 1. The third-order valence-corrected chi connectivity index (χ3v) is 5.22. The molecule has 8 nitrogen and oxygen atoms in total. The molecule has 8 heteroatoms. The zero-order valence-corrected chi connectivity index (χ0v) is 16.0. The highest BCUT2D eigenvalue weighted by atomic mass is 16.4. The molecule has 0 saturated carbocycles. The van der Waals surface area contributed by atoms with E-state index in [0.717, 1.165) is 5.56 Å². The van der Waals surface area contributed by atoms with E-state index in [1.54, 1.807) is 22.0 Å². The van der Waals surface area contributed by atoms with Crippen LogP contribution in [0, 0.1) is 6.92 Å². The molecule has 3 aromatic rings. The van der Waals surface area contributed by atoms with Gasteiger partial charge in [0.15, 0.2) is 5.82 Å². The molecule has 0 spiro atoms. The number of carboxylic acids is 1. The minimum Gasteiger partial charge on any atom is -0.478 e. The molecule has 1 amide bonds. The first-order valence-corrected chi connectivity index (χ1v) is 9.48. The molecule has 1 aliphatic heterocycles. The molecule has 1 N–H and O–H groups in total. The highest BCUT2D eigenvalue weighted by molar-refractivity contribution is 5.95. The zero-order valence-electron chi connectivity index (χ0n) is 16.0. The Labute approximate surface area is 167 Å². The molecule has 148 valence electrons. The van der Waals surface area contributed by atoms with Gasteiger partial charge in [-0.25, -0.2) is 14.8 Å². The summed E-state index contributed by atoms with van der Waals surface area (Å²) in [5.41, 5.74) is 2.25. The fourth-order valence-electron chi connectivity index (χ4n) is 3.56. The Bertz CT molecular complexity index is 1040. The lowest BCUT2D eigenvalue weighted by molar-refractivity contribution is 0.0686. The number of amides is 1. The van der Waals surface area contributed by atoms with Crippen LogP contribution < -0.4 is 0 Å². The quantitative estimate of drug-likeness (QED) is 0.734. The SMILES string of the molecule is Cc1nc(-c2ccccc2)ncc1C(=O)N1CCC(n2cc(C(=O)O)cn2)CC1. The number of likely N-dealkylation sites (tertiary alicyclic amines) is 1. The normalized spacial score (nSPS) is 14.7. The van der Waals surface area contributed by atoms with E-state index in [2.05, 4.69) is 15.1 Å². The second-order valence-electron chi connectivity index (χ2n) is 7.10. The van der Waals surface area contributed by atoms with Crippen molar-refractivity contribution >= 4 is 11.9 Å². The fourth-order valence-corrected chi connectivity index (χ4v) is 3.56. The molecule has 0 aliphatic carbocycles. The fraction of sp³-hybridized carbons (Fsp3) is 0.286. The summed E-state index contributed by atoms with van der Waals surface area (Å²) in [4.78, 5) is 34.7. The number of carbonyl (C=O) groups excluding carboxylic acids is 1. The molecule has 0 radical (unpaired) electrons. The molecule has 1 aromatic carbocycles. The van der Waals surface area contributed by atoms with Gasteiger partial charge in [-0.15, -0.1) is 0 Å². The lowest BCUT2D eigenvalue weighted by Gasteiger charge is -2.32. The van der Waals surface area contributed by atoms with Gasteiger partial charge in [0.05, 0.1) is 29.1 Å². The van der Waals surface area contributed by atoms with Gasteiger partial charge in [-0.1, -0.05) is 30.3 Å². The van der Waals surface area contributed by atoms with Gasteiger partial charge < -0.3 is 10.0 Å². The maximum atomic E-state index is 13.0. The van der Waals surface area contributed by atoms with Crippen LogP contribution in [0.5, 0.6) is 0 Å². The number of carboxylic acid groups (broad SMARTS) is 1. The number of aromatic nitrogens is 4. The van der Waals surface area contributed by atoms with Crippen LogP contribution in [-0.4, -0.2) is 54.7 Å².